The molecule has 2 atom stereocenters. The molecular weight excluding hydrogens is 178 g/mol. The van der Waals surface area contributed by atoms with E-state index in [4.69, 9.17) is 10.00 Å². The first-order chi connectivity index (χ1) is 6.79. The van der Waals surface area contributed by atoms with E-state index in [1.54, 1.807) is 0 Å². The number of nitrogens with zero attached hydrogens (tertiary/aromatic N) is 1. The average molecular weight is 195 g/mol. The van der Waals surface area contributed by atoms with Gasteiger partial charge in [-0.3, -0.25) is 4.79 Å². The smallest absolute Gasteiger partial charge is 0.178 e. The van der Waals surface area contributed by atoms with Gasteiger partial charge in [0.2, 0.25) is 0 Å². The van der Waals surface area contributed by atoms with Crippen molar-refractivity contribution < 1.29 is 9.53 Å². The molecule has 1 aliphatic rings. The van der Waals surface area contributed by atoms with Gasteiger partial charge in [-0.15, -0.1) is 0 Å². The Morgan fingerprint density at radius 1 is 1.64 bits per heavy atom. The number of carbonyl (C=O) groups excluding carboxylic acids is 1. The fourth-order valence-corrected chi connectivity index (χ4v) is 1.75. The maximum absolute atomic E-state index is 11.8. The molecule has 14 heavy (non-hydrogen) atoms. The van der Waals surface area contributed by atoms with Crippen molar-refractivity contribution in [2.24, 2.45) is 5.92 Å². The molecule has 78 valence electrons. The summed E-state index contributed by atoms with van der Waals surface area (Å²) >= 11 is 0. The highest BCUT2D eigenvalue weighted by Crippen LogP contribution is 2.18. The minimum atomic E-state index is -0.455. The Bertz CT molecular complexity index is 226. The molecule has 1 saturated heterocycles. The lowest BCUT2D eigenvalue weighted by molar-refractivity contribution is -0.135. The van der Waals surface area contributed by atoms with Gasteiger partial charge in [-0.1, -0.05) is 13.3 Å². The Balaban J connectivity index is 2.48. The lowest BCUT2D eigenvalue weighted by atomic mass is 9.93. The van der Waals surface area contributed by atoms with Gasteiger partial charge in [0, 0.05) is 6.61 Å². The second kappa shape index (κ2) is 5.77. The van der Waals surface area contributed by atoms with Crippen LogP contribution in [0.2, 0.25) is 0 Å². The quantitative estimate of drug-likeness (QED) is 0.690. The van der Waals surface area contributed by atoms with Crippen LogP contribution in [0.25, 0.3) is 0 Å². The van der Waals surface area contributed by atoms with Crippen LogP contribution in [0.4, 0.5) is 0 Å². The topological polar surface area (TPSA) is 50.1 Å². The molecule has 0 aromatic carbocycles. The van der Waals surface area contributed by atoms with E-state index in [1.807, 2.05) is 6.92 Å². The molecule has 0 aliphatic carbocycles. The lowest BCUT2D eigenvalue weighted by Gasteiger charge is -2.22. The molecule has 0 aromatic heterocycles. The van der Waals surface area contributed by atoms with Crippen molar-refractivity contribution in [1.82, 2.24) is 0 Å². The molecule has 0 amide bonds. The van der Waals surface area contributed by atoms with Gasteiger partial charge in [-0.2, -0.15) is 5.26 Å². The Hall–Kier alpha value is -0.880. The van der Waals surface area contributed by atoms with Crippen LogP contribution in [0, 0.1) is 17.2 Å². The van der Waals surface area contributed by atoms with Gasteiger partial charge in [-0.25, -0.2) is 0 Å². The van der Waals surface area contributed by atoms with Crippen LogP contribution in [0.3, 0.4) is 0 Å². The Morgan fingerprint density at radius 2 is 2.43 bits per heavy atom. The molecular formula is C11H17NO2. The third-order valence-corrected chi connectivity index (χ3v) is 2.57. The fourth-order valence-electron chi connectivity index (χ4n) is 1.75. The normalized spacial score (nSPS) is 23.9. The van der Waals surface area contributed by atoms with E-state index in [2.05, 4.69) is 6.07 Å². The number of hydrogen-bond acceptors (Lipinski definition) is 3. The number of Topliss-reactive ketones (excluding diaryl/α,β-unsaturated/α-hetero) is 1. The number of ketones is 1. The van der Waals surface area contributed by atoms with Gasteiger partial charge in [0.25, 0.3) is 0 Å². The highest BCUT2D eigenvalue weighted by atomic mass is 16.5. The third kappa shape index (κ3) is 2.81. The van der Waals surface area contributed by atoms with Crippen molar-refractivity contribution in [3.05, 3.63) is 0 Å². The van der Waals surface area contributed by atoms with Crippen molar-refractivity contribution in [3.8, 4) is 6.07 Å². The summed E-state index contributed by atoms with van der Waals surface area (Å²) in [5.41, 5.74) is 0. The Labute approximate surface area is 85.1 Å². The van der Waals surface area contributed by atoms with E-state index < -0.39 is 5.92 Å². The molecule has 0 bridgehead atoms. The van der Waals surface area contributed by atoms with Gasteiger partial charge < -0.3 is 4.74 Å². The number of carbonyl (C=O) groups is 1. The Kier molecular flexibility index (Phi) is 4.61. The van der Waals surface area contributed by atoms with E-state index in [0.29, 0.717) is 13.0 Å². The van der Waals surface area contributed by atoms with Gasteiger partial charge in [0.05, 0.1) is 6.07 Å². The highest BCUT2D eigenvalue weighted by Gasteiger charge is 2.28. The summed E-state index contributed by atoms with van der Waals surface area (Å²) in [6.45, 7) is 2.65. The van der Waals surface area contributed by atoms with E-state index >= 15 is 0 Å². The van der Waals surface area contributed by atoms with Gasteiger partial charge >= 0.3 is 0 Å². The monoisotopic (exact) mass is 195 g/mol. The third-order valence-electron chi connectivity index (χ3n) is 2.57. The summed E-state index contributed by atoms with van der Waals surface area (Å²) < 4.78 is 5.37. The van der Waals surface area contributed by atoms with Crippen molar-refractivity contribution in [3.63, 3.8) is 0 Å². The molecule has 0 radical (unpaired) electrons. The summed E-state index contributed by atoms with van der Waals surface area (Å²) in [7, 11) is 0. The molecule has 0 saturated carbocycles. The SMILES string of the molecule is CCCC(C#N)C(=O)C1CCCCO1. The lowest BCUT2D eigenvalue weighted by Crippen LogP contribution is -2.32. The fraction of sp³-hybridized carbons (Fsp3) is 0.818. The summed E-state index contributed by atoms with van der Waals surface area (Å²) in [6, 6.07) is 2.07. The molecule has 2 unspecified atom stereocenters. The molecule has 0 N–H and O–H groups in total. The first kappa shape index (κ1) is 11.2. The second-order valence-electron chi connectivity index (χ2n) is 3.73. The zero-order valence-electron chi connectivity index (χ0n) is 8.66. The van der Waals surface area contributed by atoms with Crippen LogP contribution < -0.4 is 0 Å². The van der Waals surface area contributed by atoms with Crippen LogP contribution in [-0.2, 0) is 9.53 Å². The van der Waals surface area contributed by atoms with Crippen LogP contribution in [-0.4, -0.2) is 18.5 Å². The first-order valence-corrected chi connectivity index (χ1v) is 5.34. The summed E-state index contributed by atoms with van der Waals surface area (Å²) in [6.07, 6.45) is 4.10. The minimum absolute atomic E-state index is 0.00551. The van der Waals surface area contributed by atoms with Crippen molar-refractivity contribution >= 4 is 5.78 Å². The second-order valence-corrected chi connectivity index (χ2v) is 3.73. The average Bonchev–Trinajstić information content (AvgIpc) is 2.26. The van der Waals surface area contributed by atoms with Crippen LogP contribution in [0.5, 0.6) is 0 Å². The maximum Gasteiger partial charge on any atom is 0.178 e. The standard InChI is InChI=1S/C11H17NO2/c1-2-5-9(8-12)11(13)10-6-3-4-7-14-10/h9-10H,2-7H2,1H3. The zero-order valence-corrected chi connectivity index (χ0v) is 8.66. The molecule has 1 aliphatic heterocycles. The van der Waals surface area contributed by atoms with Crippen LogP contribution in [0.1, 0.15) is 39.0 Å². The first-order valence-electron chi connectivity index (χ1n) is 5.34. The molecule has 3 heteroatoms. The van der Waals surface area contributed by atoms with Crippen molar-refractivity contribution in [2.75, 3.05) is 6.61 Å². The van der Waals surface area contributed by atoms with E-state index in [9.17, 15) is 4.79 Å². The highest BCUT2D eigenvalue weighted by molar-refractivity contribution is 5.87. The summed E-state index contributed by atoms with van der Waals surface area (Å²) in [5.74, 6) is -0.461. The zero-order chi connectivity index (χ0) is 10.4. The van der Waals surface area contributed by atoms with Gasteiger partial charge in [0.15, 0.2) is 5.78 Å². The largest absolute Gasteiger partial charge is 0.370 e. The van der Waals surface area contributed by atoms with Crippen LogP contribution in [0.15, 0.2) is 0 Å². The molecule has 1 fully saturated rings. The number of ether oxygens (including phenoxy) is 1. The summed E-state index contributed by atoms with van der Waals surface area (Å²) in [5, 5.41) is 8.83. The van der Waals surface area contributed by atoms with E-state index in [-0.39, 0.29) is 11.9 Å². The molecule has 0 spiro atoms. The molecule has 1 heterocycles. The Morgan fingerprint density at radius 3 is 2.93 bits per heavy atom. The number of nitriles is 1. The predicted octanol–water partition coefficient (Wildman–Crippen LogP) is 2.06. The maximum atomic E-state index is 11.8. The minimum Gasteiger partial charge on any atom is -0.370 e. The van der Waals surface area contributed by atoms with Gasteiger partial charge in [0.1, 0.15) is 12.0 Å². The number of rotatable bonds is 4. The van der Waals surface area contributed by atoms with Gasteiger partial charge in [-0.05, 0) is 25.7 Å². The molecule has 0 aromatic rings. The van der Waals surface area contributed by atoms with Crippen molar-refractivity contribution in [1.29, 1.82) is 5.26 Å². The van der Waals surface area contributed by atoms with Crippen molar-refractivity contribution in [2.45, 2.75) is 45.1 Å². The predicted molar refractivity (Wildman–Crippen MR) is 52.6 cm³/mol. The van der Waals surface area contributed by atoms with E-state index in [0.717, 1.165) is 25.7 Å². The molecule has 1 rings (SSSR count). The molecule has 3 nitrogen and oxygen atoms in total. The summed E-state index contributed by atoms with van der Waals surface area (Å²) in [4.78, 5) is 11.8. The van der Waals surface area contributed by atoms with Crippen LogP contribution >= 0.6 is 0 Å². The van der Waals surface area contributed by atoms with E-state index in [1.165, 1.54) is 0 Å². The number of hydrogen-bond donors (Lipinski definition) is 0.